The molecule has 5 nitrogen and oxygen atoms in total. The maximum Gasteiger partial charge on any atom is 0.321 e. The molecule has 2 aliphatic heterocycles. The molecule has 2 aromatic rings. The number of amides is 2. The van der Waals surface area contributed by atoms with Crippen LogP contribution in [0.25, 0.3) is 0 Å². The molecule has 32 heavy (non-hydrogen) atoms. The van der Waals surface area contributed by atoms with Gasteiger partial charge < -0.3 is 9.80 Å². The number of rotatable bonds is 6. The Balaban J connectivity index is 1.29. The highest BCUT2D eigenvalue weighted by Gasteiger charge is 2.37. The van der Waals surface area contributed by atoms with E-state index in [1.807, 2.05) is 27.2 Å². The molecule has 2 fully saturated rings. The Morgan fingerprint density at radius 1 is 1.03 bits per heavy atom. The van der Waals surface area contributed by atoms with E-state index in [9.17, 15) is 4.79 Å². The minimum Gasteiger partial charge on any atom is -0.319 e. The highest BCUT2D eigenvalue weighted by atomic mass is 32.1. The van der Waals surface area contributed by atoms with Gasteiger partial charge in [-0.15, -0.1) is 17.9 Å². The molecule has 1 aromatic heterocycles. The number of urea groups is 1. The zero-order valence-electron chi connectivity index (χ0n) is 18.7. The fraction of sp³-hybridized carbons (Fsp3) is 0.423. The molecular weight excluding hydrogens is 416 g/mol. The first kappa shape index (κ1) is 21.4. The van der Waals surface area contributed by atoms with E-state index in [1.165, 1.54) is 21.6 Å². The zero-order chi connectivity index (χ0) is 22.1. The lowest BCUT2D eigenvalue weighted by atomic mass is 9.98. The molecule has 5 rings (SSSR count). The van der Waals surface area contributed by atoms with Crippen molar-refractivity contribution in [2.75, 3.05) is 45.8 Å². The summed E-state index contributed by atoms with van der Waals surface area (Å²) in [6, 6.07) is 11.8. The molecule has 0 radical (unpaired) electrons. The van der Waals surface area contributed by atoms with Gasteiger partial charge in [-0.25, -0.2) is 4.79 Å². The van der Waals surface area contributed by atoms with Gasteiger partial charge in [0.05, 0.1) is 0 Å². The molecule has 2 saturated heterocycles. The van der Waals surface area contributed by atoms with E-state index in [0.29, 0.717) is 12.6 Å². The van der Waals surface area contributed by atoms with Crippen LogP contribution < -0.4 is 0 Å². The summed E-state index contributed by atoms with van der Waals surface area (Å²) in [5.74, 6) is 0. The summed E-state index contributed by atoms with van der Waals surface area (Å²) in [6.45, 7) is 13.9. The first-order valence-electron chi connectivity index (χ1n) is 11.6. The van der Waals surface area contributed by atoms with Gasteiger partial charge in [0.25, 0.3) is 0 Å². The number of benzene rings is 1. The van der Waals surface area contributed by atoms with Crippen molar-refractivity contribution in [1.82, 2.24) is 19.6 Å². The number of nitrogens with zero attached hydrogens (tertiary/aromatic N) is 4. The summed E-state index contributed by atoms with van der Waals surface area (Å²) in [6.07, 6.45) is 5.82. The molecule has 3 aliphatic rings. The van der Waals surface area contributed by atoms with Crippen LogP contribution in [-0.2, 0) is 12.8 Å². The summed E-state index contributed by atoms with van der Waals surface area (Å²) in [7, 11) is 0. The van der Waals surface area contributed by atoms with E-state index < -0.39 is 0 Å². The second-order valence-corrected chi connectivity index (χ2v) is 9.90. The maximum atomic E-state index is 12.8. The lowest BCUT2D eigenvalue weighted by Crippen LogP contribution is -2.56. The summed E-state index contributed by atoms with van der Waals surface area (Å²) < 4.78 is 0. The molecule has 0 N–H and O–H groups in total. The van der Waals surface area contributed by atoms with Crippen LogP contribution in [0.3, 0.4) is 0 Å². The molecular formula is C26H32N4OS. The van der Waals surface area contributed by atoms with Gasteiger partial charge in [-0.3, -0.25) is 9.80 Å². The molecule has 1 aliphatic carbocycles. The lowest BCUT2D eigenvalue weighted by molar-refractivity contribution is 0.0394. The SMILES string of the molecule is C=CCN1CCN(C(C=C)N2CCN(C3Cc4ccccc4Cc4sccc43)CC2)C1=O. The molecule has 6 heteroatoms. The smallest absolute Gasteiger partial charge is 0.319 e. The van der Waals surface area contributed by atoms with Gasteiger partial charge in [0.2, 0.25) is 0 Å². The Bertz CT molecular complexity index is 993. The van der Waals surface area contributed by atoms with Gasteiger partial charge in [-0.2, -0.15) is 0 Å². The van der Waals surface area contributed by atoms with Gasteiger partial charge >= 0.3 is 6.03 Å². The lowest BCUT2D eigenvalue weighted by Gasteiger charge is -2.43. The first-order chi connectivity index (χ1) is 15.7. The molecule has 1 aromatic carbocycles. The average Bonchev–Trinajstić information content (AvgIpc) is 3.38. The van der Waals surface area contributed by atoms with Crippen LogP contribution in [0.1, 0.15) is 27.6 Å². The number of carbonyl (C=O) groups excluding carboxylic acids is 1. The monoisotopic (exact) mass is 448 g/mol. The van der Waals surface area contributed by atoms with Crippen molar-refractivity contribution in [3.63, 3.8) is 0 Å². The summed E-state index contributed by atoms with van der Waals surface area (Å²) in [5, 5.41) is 2.25. The Hall–Kier alpha value is -2.41. The minimum atomic E-state index is -0.0361. The molecule has 2 unspecified atom stereocenters. The Morgan fingerprint density at radius 3 is 2.56 bits per heavy atom. The van der Waals surface area contributed by atoms with Crippen LogP contribution in [0.2, 0.25) is 0 Å². The third kappa shape index (κ3) is 3.91. The Kier molecular flexibility index (Phi) is 6.17. The van der Waals surface area contributed by atoms with E-state index in [0.717, 1.165) is 52.1 Å². The van der Waals surface area contributed by atoms with Crippen LogP contribution in [0.15, 0.2) is 61.0 Å². The highest BCUT2D eigenvalue weighted by Crippen LogP contribution is 2.37. The predicted molar refractivity (Wildman–Crippen MR) is 131 cm³/mol. The third-order valence-electron chi connectivity index (χ3n) is 7.19. The van der Waals surface area contributed by atoms with Crippen LogP contribution >= 0.6 is 11.3 Å². The van der Waals surface area contributed by atoms with Crippen molar-refractivity contribution in [3.8, 4) is 0 Å². The molecule has 2 amide bonds. The molecule has 0 saturated carbocycles. The van der Waals surface area contributed by atoms with Crippen molar-refractivity contribution in [2.24, 2.45) is 0 Å². The quantitative estimate of drug-likeness (QED) is 0.626. The first-order valence-corrected chi connectivity index (χ1v) is 12.5. The molecule has 3 heterocycles. The molecule has 0 spiro atoms. The highest BCUT2D eigenvalue weighted by molar-refractivity contribution is 7.10. The number of hydrogen-bond donors (Lipinski definition) is 0. The molecule has 168 valence electrons. The van der Waals surface area contributed by atoms with E-state index in [1.54, 1.807) is 6.08 Å². The summed E-state index contributed by atoms with van der Waals surface area (Å²) >= 11 is 1.89. The summed E-state index contributed by atoms with van der Waals surface area (Å²) in [4.78, 5) is 23.2. The standard InChI is InChI=1S/C26H32N4OS/c1-3-10-29-15-16-30(26(29)31)25(4-2)28-13-11-27(12-14-28)23-18-20-7-5-6-8-21(20)19-24-22(23)9-17-32-24/h3-9,17,23,25H,1-2,10-16,18-19H2. The van der Waals surface area contributed by atoms with Gasteiger partial charge in [0.15, 0.2) is 0 Å². The van der Waals surface area contributed by atoms with Gasteiger partial charge in [0.1, 0.15) is 6.17 Å². The van der Waals surface area contributed by atoms with Crippen LogP contribution in [-0.4, -0.2) is 77.6 Å². The Labute approximate surface area is 195 Å². The number of thiophene rings is 1. The van der Waals surface area contributed by atoms with E-state index >= 15 is 0 Å². The van der Waals surface area contributed by atoms with Gasteiger partial charge in [-0.1, -0.05) is 43.0 Å². The van der Waals surface area contributed by atoms with Gasteiger partial charge in [0, 0.05) is 63.2 Å². The fourth-order valence-electron chi connectivity index (χ4n) is 5.50. The second-order valence-electron chi connectivity index (χ2n) is 8.90. The van der Waals surface area contributed by atoms with Crippen LogP contribution in [0, 0.1) is 0 Å². The number of hydrogen-bond acceptors (Lipinski definition) is 4. The van der Waals surface area contributed by atoms with Crippen LogP contribution in [0.4, 0.5) is 4.79 Å². The largest absolute Gasteiger partial charge is 0.321 e. The number of piperazine rings is 1. The average molecular weight is 449 g/mol. The minimum absolute atomic E-state index is 0.0361. The maximum absolute atomic E-state index is 12.8. The Morgan fingerprint density at radius 2 is 1.81 bits per heavy atom. The normalized spacial score (nSPS) is 22.9. The van der Waals surface area contributed by atoms with Crippen molar-refractivity contribution >= 4 is 17.4 Å². The summed E-state index contributed by atoms with van der Waals surface area (Å²) in [5.41, 5.74) is 4.47. The van der Waals surface area contributed by atoms with E-state index in [4.69, 9.17) is 0 Å². The second kappa shape index (κ2) is 9.22. The topological polar surface area (TPSA) is 30.0 Å². The van der Waals surface area contributed by atoms with Crippen molar-refractivity contribution < 1.29 is 4.79 Å². The molecule has 0 bridgehead atoms. The third-order valence-corrected chi connectivity index (χ3v) is 8.13. The molecule has 2 atom stereocenters. The van der Waals surface area contributed by atoms with Crippen molar-refractivity contribution in [3.05, 3.63) is 82.6 Å². The fourth-order valence-corrected chi connectivity index (χ4v) is 6.45. The number of fused-ring (bicyclic) bond motifs is 2. The van der Waals surface area contributed by atoms with Crippen molar-refractivity contribution in [1.29, 1.82) is 0 Å². The van der Waals surface area contributed by atoms with Crippen LogP contribution in [0.5, 0.6) is 0 Å². The van der Waals surface area contributed by atoms with E-state index in [-0.39, 0.29) is 12.2 Å². The van der Waals surface area contributed by atoms with Gasteiger partial charge in [-0.05, 0) is 34.6 Å². The van der Waals surface area contributed by atoms with Crippen molar-refractivity contribution in [2.45, 2.75) is 25.0 Å². The zero-order valence-corrected chi connectivity index (χ0v) is 19.5. The number of carbonyl (C=O) groups is 1. The van der Waals surface area contributed by atoms with E-state index in [2.05, 4.69) is 58.7 Å². The predicted octanol–water partition coefficient (Wildman–Crippen LogP) is 3.99.